The molecular formula is C17H22FN6O+. The van der Waals surface area contributed by atoms with E-state index < -0.39 is 11.4 Å². The van der Waals surface area contributed by atoms with Crippen molar-refractivity contribution in [2.45, 2.75) is 32.7 Å². The number of benzene rings is 1. The summed E-state index contributed by atoms with van der Waals surface area (Å²) in [5, 5.41) is 11.0. The third-order valence-corrected chi connectivity index (χ3v) is 4.52. The highest BCUT2D eigenvalue weighted by molar-refractivity contribution is 6.02. The molecule has 0 saturated heterocycles. The molecule has 3 rings (SSSR count). The lowest BCUT2D eigenvalue weighted by atomic mass is 9.74. The van der Waals surface area contributed by atoms with E-state index >= 15 is 0 Å². The molecule has 2 aromatic rings. The van der Waals surface area contributed by atoms with Gasteiger partial charge in [-0.05, 0) is 22.5 Å². The fraction of sp³-hybridized carbons (Fsp3) is 0.412. The van der Waals surface area contributed by atoms with Gasteiger partial charge in [-0.3, -0.25) is 9.79 Å². The molecule has 5 N–H and O–H groups in total. The van der Waals surface area contributed by atoms with Crippen LogP contribution < -0.4 is 21.6 Å². The molecule has 0 aliphatic carbocycles. The standard InChI is InChI=1S/C17H21FN6O/c1-17(2,3)14-12(15(20-4)21-7-19)13-11-9(16(25)24-23-13)5-8(18)6-10(11)22-14/h5-7,12,14,22H,1-4H3,(H,24,25)(H2,19,20,21)/p+1/t12-,14-/m0/s1. The predicted octanol–water partition coefficient (Wildman–Crippen LogP) is 0.0819. The Kier molecular flexibility index (Phi) is 4.06. The first kappa shape index (κ1) is 17.1. The number of halogens is 1. The van der Waals surface area contributed by atoms with Crippen molar-refractivity contribution in [1.82, 2.24) is 10.2 Å². The monoisotopic (exact) mass is 345 g/mol. The highest BCUT2D eigenvalue weighted by atomic mass is 19.1. The average molecular weight is 345 g/mol. The number of nitrogens with zero attached hydrogens (tertiary/aromatic N) is 2. The molecule has 25 heavy (non-hydrogen) atoms. The molecule has 0 unspecified atom stereocenters. The van der Waals surface area contributed by atoms with Gasteiger partial charge in [0.15, 0.2) is 0 Å². The zero-order valence-corrected chi connectivity index (χ0v) is 14.6. The molecule has 1 aromatic heterocycles. The van der Waals surface area contributed by atoms with Crippen molar-refractivity contribution in [3.05, 3.63) is 34.0 Å². The number of amidine groups is 1. The van der Waals surface area contributed by atoms with Crippen LogP contribution in [0.4, 0.5) is 10.1 Å². The van der Waals surface area contributed by atoms with Crippen molar-refractivity contribution in [3.8, 4) is 0 Å². The number of rotatable bonds is 1. The topological polar surface area (TPSA) is 110 Å². The molecule has 1 aromatic carbocycles. The van der Waals surface area contributed by atoms with E-state index in [2.05, 4.69) is 46.3 Å². The number of aromatic amines is 1. The molecular weight excluding hydrogens is 323 g/mol. The molecule has 0 fully saturated rings. The number of nitrogens with two attached hydrogens (primary N) is 1. The first-order chi connectivity index (χ1) is 11.8. The Morgan fingerprint density at radius 1 is 1.44 bits per heavy atom. The second-order valence-corrected chi connectivity index (χ2v) is 7.19. The summed E-state index contributed by atoms with van der Waals surface area (Å²) in [6, 6.07) is 2.48. The first-order valence-corrected chi connectivity index (χ1v) is 8.05. The van der Waals surface area contributed by atoms with E-state index in [9.17, 15) is 9.18 Å². The van der Waals surface area contributed by atoms with Gasteiger partial charge in [-0.2, -0.15) is 5.10 Å². The summed E-state index contributed by atoms with van der Waals surface area (Å²) in [7, 11) is 1.76. The molecule has 8 heteroatoms. The Balaban J connectivity index is 2.38. The third kappa shape index (κ3) is 2.77. The van der Waals surface area contributed by atoms with Gasteiger partial charge in [0.1, 0.15) is 11.7 Å². The molecule has 132 valence electrons. The second-order valence-electron chi connectivity index (χ2n) is 7.19. The average Bonchev–Trinajstić information content (AvgIpc) is 2.54. The Bertz CT molecular complexity index is 941. The SMILES string of the molecule is C[NH+]=C(N=CN)[C@H]1c2n[nH]c(=O)c3cc(F)cc(c23)N[C@@H]1C(C)(C)C. The van der Waals surface area contributed by atoms with Crippen LogP contribution in [0.25, 0.3) is 10.8 Å². The molecule has 0 spiro atoms. The number of aliphatic imine (C=N–C) groups is 1. The van der Waals surface area contributed by atoms with Crippen LogP contribution in [-0.4, -0.2) is 35.5 Å². The normalized spacial score (nSPS) is 20.9. The molecule has 0 bridgehead atoms. The van der Waals surface area contributed by atoms with Gasteiger partial charge >= 0.3 is 5.84 Å². The summed E-state index contributed by atoms with van der Waals surface area (Å²) in [5.74, 6) is -0.144. The fourth-order valence-electron chi connectivity index (χ4n) is 3.42. The molecule has 0 radical (unpaired) electrons. The van der Waals surface area contributed by atoms with Crippen molar-refractivity contribution in [1.29, 1.82) is 0 Å². The first-order valence-electron chi connectivity index (χ1n) is 8.05. The minimum Gasteiger partial charge on any atom is -0.380 e. The number of H-pyrrole nitrogens is 1. The van der Waals surface area contributed by atoms with Crippen LogP contribution in [0.1, 0.15) is 32.4 Å². The van der Waals surface area contributed by atoms with E-state index in [1.54, 1.807) is 7.05 Å². The number of aromatic nitrogens is 2. The van der Waals surface area contributed by atoms with Gasteiger partial charge in [-0.25, -0.2) is 9.49 Å². The Labute approximate surface area is 144 Å². The number of nitrogens with one attached hydrogen (secondary N) is 3. The Morgan fingerprint density at radius 2 is 2.16 bits per heavy atom. The summed E-state index contributed by atoms with van der Waals surface area (Å²) < 4.78 is 14.0. The van der Waals surface area contributed by atoms with Gasteiger partial charge in [-0.1, -0.05) is 20.8 Å². The van der Waals surface area contributed by atoms with Gasteiger partial charge in [0.25, 0.3) is 5.56 Å². The van der Waals surface area contributed by atoms with Crippen molar-refractivity contribution in [2.24, 2.45) is 16.1 Å². The van der Waals surface area contributed by atoms with E-state index in [0.29, 0.717) is 22.6 Å². The minimum atomic E-state index is -0.471. The van der Waals surface area contributed by atoms with Crippen LogP contribution in [0.15, 0.2) is 21.9 Å². The van der Waals surface area contributed by atoms with Crippen LogP contribution >= 0.6 is 0 Å². The largest absolute Gasteiger partial charge is 0.380 e. The van der Waals surface area contributed by atoms with E-state index in [4.69, 9.17) is 5.73 Å². The third-order valence-electron chi connectivity index (χ3n) is 4.52. The molecule has 1 aliphatic heterocycles. The van der Waals surface area contributed by atoms with Crippen molar-refractivity contribution in [2.75, 3.05) is 12.4 Å². The van der Waals surface area contributed by atoms with E-state index in [0.717, 1.165) is 0 Å². The van der Waals surface area contributed by atoms with Crippen LogP contribution in [0, 0.1) is 11.2 Å². The predicted molar refractivity (Wildman–Crippen MR) is 96.5 cm³/mol. The summed E-state index contributed by atoms with van der Waals surface area (Å²) in [6.07, 6.45) is 1.22. The lowest BCUT2D eigenvalue weighted by Crippen LogP contribution is -2.70. The Morgan fingerprint density at radius 3 is 2.76 bits per heavy atom. The maximum absolute atomic E-state index is 14.0. The quantitative estimate of drug-likeness (QED) is 0.433. The fourth-order valence-corrected chi connectivity index (χ4v) is 3.42. The second kappa shape index (κ2) is 5.94. The molecule has 2 atom stereocenters. The van der Waals surface area contributed by atoms with E-state index in [-0.39, 0.29) is 22.8 Å². The summed E-state index contributed by atoms with van der Waals surface area (Å²) in [4.78, 5) is 19.5. The zero-order chi connectivity index (χ0) is 18.4. The van der Waals surface area contributed by atoms with E-state index in [1.807, 2.05) is 0 Å². The van der Waals surface area contributed by atoms with Gasteiger partial charge < -0.3 is 11.1 Å². The van der Waals surface area contributed by atoms with Crippen LogP contribution in [0.5, 0.6) is 0 Å². The highest BCUT2D eigenvalue weighted by Gasteiger charge is 2.44. The van der Waals surface area contributed by atoms with Crippen molar-refractivity contribution < 1.29 is 9.38 Å². The minimum absolute atomic E-state index is 0.144. The highest BCUT2D eigenvalue weighted by Crippen LogP contribution is 2.42. The maximum atomic E-state index is 14.0. The van der Waals surface area contributed by atoms with Gasteiger partial charge in [-0.15, -0.1) is 0 Å². The molecule has 0 amide bonds. The molecule has 0 saturated carbocycles. The summed E-state index contributed by atoms with van der Waals surface area (Å²) in [6.45, 7) is 6.22. The number of anilines is 1. The lowest BCUT2D eigenvalue weighted by molar-refractivity contribution is -0.423. The lowest BCUT2D eigenvalue weighted by Gasteiger charge is -2.39. The van der Waals surface area contributed by atoms with Crippen LogP contribution in [-0.2, 0) is 0 Å². The number of hydrogen-bond donors (Lipinski definition) is 4. The van der Waals surface area contributed by atoms with Crippen molar-refractivity contribution >= 4 is 28.6 Å². The van der Waals surface area contributed by atoms with Crippen molar-refractivity contribution in [3.63, 3.8) is 0 Å². The Hall–Kier alpha value is -2.77. The zero-order valence-electron chi connectivity index (χ0n) is 14.6. The van der Waals surface area contributed by atoms with Gasteiger partial charge in [0, 0.05) is 11.1 Å². The molecule has 2 heterocycles. The number of hydrogen-bond acceptors (Lipinski definition) is 3. The smallest absolute Gasteiger partial charge is 0.304 e. The summed E-state index contributed by atoms with van der Waals surface area (Å²) in [5.41, 5.74) is 6.07. The summed E-state index contributed by atoms with van der Waals surface area (Å²) >= 11 is 0. The van der Waals surface area contributed by atoms with Crippen LogP contribution in [0.3, 0.4) is 0 Å². The van der Waals surface area contributed by atoms with Gasteiger partial charge in [0.05, 0.1) is 24.2 Å². The molecule has 1 aliphatic rings. The van der Waals surface area contributed by atoms with Gasteiger partial charge in [0.2, 0.25) is 6.34 Å². The maximum Gasteiger partial charge on any atom is 0.304 e. The van der Waals surface area contributed by atoms with E-state index in [1.165, 1.54) is 18.5 Å². The van der Waals surface area contributed by atoms with Crippen LogP contribution in [0.2, 0.25) is 0 Å². The molecule has 7 nitrogen and oxygen atoms in total.